The van der Waals surface area contributed by atoms with Crippen molar-refractivity contribution >= 4 is 24.1 Å². The summed E-state index contributed by atoms with van der Waals surface area (Å²) in [4.78, 5) is 0. The molecule has 0 spiro atoms. The zero-order valence-electron chi connectivity index (χ0n) is 25.4. The lowest BCUT2D eigenvalue weighted by Crippen LogP contribution is -2.41. The summed E-state index contributed by atoms with van der Waals surface area (Å²) in [5, 5.41) is 0. The quantitative estimate of drug-likeness (QED) is 0.199. The SMILES string of the molecule is CCCCCCOc1c(C)c2n(c1C)B(F)[N+]1=C(C)C(c3ccc(F)cc3F)=C(C)C1=C2c1c(C)cc(C)cc1C. The highest BCUT2D eigenvalue weighted by molar-refractivity contribution is 6.46. The predicted octanol–water partition coefficient (Wildman–Crippen LogP) is 8.80. The molecule has 0 fully saturated rings. The number of ether oxygens (including phenoxy) is 1. The van der Waals surface area contributed by atoms with Crippen LogP contribution >= 0.6 is 0 Å². The maximum absolute atomic E-state index is 16.9. The Kier molecular flexibility index (Phi) is 7.84. The number of hydrogen-bond acceptors (Lipinski definition) is 1. The predicted molar refractivity (Wildman–Crippen MR) is 162 cm³/mol. The van der Waals surface area contributed by atoms with E-state index in [4.69, 9.17) is 4.74 Å². The molecule has 7 heteroatoms. The van der Waals surface area contributed by atoms with Crippen molar-refractivity contribution in [2.45, 2.75) is 81.1 Å². The first kappa shape index (κ1) is 29.0. The third kappa shape index (κ3) is 4.67. The molecule has 0 saturated carbocycles. The fourth-order valence-corrected chi connectivity index (χ4v) is 6.89. The van der Waals surface area contributed by atoms with Crippen LogP contribution in [0.5, 0.6) is 5.75 Å². The molecule has 0 radical (unpaired) electrons. The summed E-state index contributed by atoms with van der Waals surface area (Å²) >= 11 is 0. The maximum Gasteiger partial charge on any atom is 0.846 e. The van der Waals surface area contributed by atoms with E-state index in [2.05, 4.69) is 39.8 Å². The van der Waals surface area contributed by atoms with Crippen LogP contribution in [0, 0.1) is 46.3 Å². The fourth-order valence-electron chi connectivity index (χ4n) is 6.89. The van der Waals surface area contributed by atoms with Crippen molar-refractivity contribution in [3.05, 3.63) is 98.0 Å². The topological polar surface area (TPSA) is 17.2 Å². The highest BCUT2D eigenvalue weighted by atomic mass is 19.1. The lowest BCUT2D eigenvalue weighted by Gasteiger charge is -2.24. The monoisotopic (exact) mass is 559 g/mol. The van der Waals surface area contributed by atoms with E-state index in [0.717, 1.165) is 87.9 Å². The molecule has 0 aliphatic carbocycles. The highest BCUT2D eigenvalue weighted by Crippen LogP contribution is 2.48. The minimum Gasteiger partial charge on any atom is -0.491 e. The summed E-state index contributed by atoms with van der Waals surface area (Å²) < 4.78 is 55.7. The normalized spacial score (nSPS) is 14.9. The third-order valence-corrected chi connectivity index (χ3v) is 8.59. The van der Waals surface area contributed by atoms with Crippen molar-refractivity contribution in [1.29, 1.82) is 0 Å². The van der Waals surface area contributed by atoms with Crippen LogP contribution in [0.3, 0.4) is 0 Å². The summed E-state index contributed by atoms with van der Waals surface area (Å²) in [6, 6.07) is 7.88. The smallest absolute Gasteiger partial charge is 0.491 e. The number of halogens is 3. The van der Waals surface area contributed by atoms with E-state index in [1.807, 2.05) is 27.7 Å². The van der Waals surface area contributed by atoms with Crippen LogP contribution in [0.4, 0.5) is 13.1 Å². The average molecular weight is 560 g/mol. The summed E-state index contributed by atoms with van der Waals surface area (Å²) in [5.74, 6) is -0.578. The van der Waals surface area contributed by atoms with E-state index in [0.29, 0.717) is 23.6 Å². The summed E-state index contributed by atoms with van der Waals surface area (Å²) in [5.41, 5.74) is 10.6. The van der Waals surface area contributed by atoms with E-state index in [1.165, 1.54) is 12.1 Å². The molecular formula is C34H39BF3N2O+. The molecule has 0 amide bonds. The number of allylic oxidation sites excluding steroid dienone is 2. The number of benzene rings is 2. The molecule has 2 aliphatic heterocycles. The highest BCUT2D eigenvalue weighted by Gasteiger charge is 2.54. The van der Waals surface area contributed by atoms with Gasteiger partial charge in [0, 0.05) is 29.7 Å². The van der Waals surface area contributed by atoms with Crippen molar-refractivity contribution in [3.63, 3.8) is 0 Å². The number of rotatable bonds is 8. The molecular weight excluding hydrogens is 520 g/mol. The van der Waals surface area contributed by atoms with Crippen molar-refractivity contribution in [2.24, 2.45) is 0 Å². The van der Waals surface area contributed by atoms with E-state index in [9.17, 15) is 4.39 Å². The molecule has 41 heavy (non-hydrogen) atoms. The zero-order valence-corrected chi connectivity index (χ0v) is 25.4. The van der Waals surface area contributed by atoms with Gasteiger partial charge in [-0.05, 0) is 76.8 Å². The van der Waals surface area contributed by atoms with Gasteiger partial charge in [-0.2, -0.15) is 0 Å². The first-order chi connectivity index (χ1) is 19.5. The summed E-state index contributed by atoms with van der Waals surface area (Å²) in [6.45, 7) is 16.6. The van der Waals surface area contributed by atoms with Crippen LogP contribution in [0.1, 0.15) is 91.2 Å². The Morgan fingerprint density at radius 1 is 0.878 bits per heavy atom. The first-order valence-electron chi connectivity index (χ1n) is 14.6. The van der Waals surface area contributed by atoms with Gasteiger partial charge in [-0.15, -0.1) is 0 Å². The van der Waals surface area contributed by atoms with E-state index in [1.54, 1.807) is 8.96 Å². The van der Waals surface area contributed by atoms with Gasteiger partial charge in [-0.1, -0.05) is 43.9 Å². The third-order valence-electron chi connectivity index (χ3n) is 8.59. The van der Waals surface area contributed by atoms with E-state index >= 15 is 8.71 Å². The van der Waals surface area contributed by atoms with Gasteiger partial charge in [-0.3, -0.25) is 4.48 Å². The molecule has 0 saturated heterocycles. The van der Waals surface area contributed by atoms with Crippen LogP contribution in [0.2, 0.25) is 0 Å². The summed E-state index contributed by atoms with van der Waals surface area (Å²) in [7, 11) is -1.55. The van der Waals surface area contributed by atoms with Crippen molar-refractivity contribution in [2.75, 3.05) is 6.61 Å². The van der Waals surface area contributed by atoms with Crippen molar-refractivity contribution in [1.82, 2.24) is 4.48 Å². The molecule has 0 atom stereocenters. The lowest BCUT2D eigenvalue weighted by molar-refractivity contribution is -0.336. The molecule has 2 aromatic carbocycles. The van der Waals surface area contributed by atoms with Crippen LogP contribution < -0.4 is 4.74 Å². The molecule has 3 nitrogen and oxygen atoms in total. The maximum atomic E-state index is 16.9. The molecule has 5 rings (SSSR count). The Labute approximate surface area is 242 Å². The second kappa shape index (κ2) is 11.1. The molecule has 214 valence electrons. The van der Waals surface area contributed by atoms with Gasteiger partial charge in [0.25, 0.3) is 0 Å². The van der Waals surface area contributed by atoms with E-state index in [-0.39, 0.29) is 5.56 Å². The van der Waals surface area contributed by atoms with E-state index < -0.39 is 18.9 Å². The number of aryl methyl sites for hydroxylation is 3. The number of nitrogens with zero attached hydrogens (tertiary/aromatic N) is 2. The number of aromatic nitrogens is 1. The van der Waals surface area contributed by atoms with Gasteiger partial charge >= 0.3 is 7.26 Å². The number of hydrogen-bond donors (Lipinski definition) is 0. The molecule has 0 bridgehead atoms. The average Bonchev–Trinajstić information content (AvgIpc) is 3.30. The van der Waals surface area contributed by atoms with Crippen molar-refractivity contribution < 1.29 is 22.3 Å². The largest absolute Gasteiger partial charge is 0.846 e. The molecule has 3 heterocycles. The minimum absolute atomic E-state index is 0.265. The Morgan fingerprint density at radius 2 is 1.56 bits per heavy atom. The van der Waals surface area contributed by atoms with Gasteiger partial charge in [0.2, 0.25) is 0 Å². The number of unbranched alkanes of at least 4 members (excludes halogenated alkanes) is 3. The van der Waals surface area contributed by atoms with Gasteiger partial charge in [0.1, 0.15) is 17.4 Å². The first-order valence-corrected chi connectivity index (χ1v) is 14.6. The lowest BCUT2D eigenvalue weighted by atomic mass is 9.83. The second-order valence-electron chi connectivity index (χ2n) is 11.6. The van der Waals surface area contributed by atoms with Gasteiger partial charge in [0.05, 0.1) is 29.1 Å². The van der Waals surface area contributed by atoms with Crippen LogP contribution in [-0.4, -0.2) is 28.5 Å². The summed E-state index contributed by atoms with van der Waals surface area (Å²) in [6.07, 6.45) is 4.36. The Bertz CT molecular complexity index is 1640. The molecule has 3 aromatic rings. The van der Waals surface area contributed by atoms with Gasteiger partial charge < -0.3 is 4.74 Å². The van der Waals surface area contributed by atoms with Crippen LogP contribution in [0.15, 0.2) is 41.6 Å². The number of fused-ring (bicyclic) bond motifs is 2. The Hall–Kier alpha value is -3.48. The zero-order chi connectivity index (χ0) is 29.7. The standard InChI is InChI=1S/C34H39BF3N2O/c1-9-10-11-12-15-41-34-23(6)33-31(29-20(3)16-19(2)17-21(29)4)32-22(5)30(27-14-13-26(36)18-28(27)37)24(7)39(32)35(38)40(33)25(34)8/h13-14,16-18H,9-12,15H2,1-8H3/q+1. The van der Waals surface area contributed by atoms with Gasteiger partial charge in [-0.25, -0.2) is 17.6 Å². The molecule has 0 N–H and O–H groups in total. The van der Waals surface area contributed by atoms with Gasteiger partial charge in [0.15, 0.2) is 11.4 Å². The second-order valence-corrected chi connectivity index (χ2v) is 11.6. The Morgan fingerprint density at radius 3 is 2.20 bits per heavy atom. The Balaban J connectivity index is 1.81. The molecule has 2 aliphatic rings. The fraction of sp³-hybridized carbons (Fsp3) is 0.382. The van der Waals surface area contributed by atoms with Crippen LogP contribution in [0.25, 0.3) is 11.1 Å². The van der Waals surface area contributed by atoms with Crippen LogP contribution in [-0.2, 0) is 0 Å². The van der Waals surface area contributed by atoms with Crippen molar-refractivity contribution in [3.8, 4) is 5.75 Å². The minimum atomic E-state index is -1.55. The molecule has 1 aromatic heterocycles. The molecule has 0 unspecified atom stereocenters.